The van der Waals surface area contributed by atoms with Crippen LogP contribution < -0.4 is 5.32 Å². The van der Waals surface area contributed by atoms with E-state index in [1.807, 2.05) is 0 Å². The van der Waals surface area contributed by atoms with Crippen LogP contribution in [0.25, 0.3) is 0 Å². The van der Waals surface area contributed by atoms with Crippen LogP contribution in [-0.2, 0) is 26.1 Å². The highest BCUT2D eigenvalue weighted by atomic mass is 32.1. The fourth-order valence-corrected chi connectivity index (χ4v) is 2.50. The smallest absolute Gasteiger partial charge is 0.0625 e. The topological polar surface area (TPSA) is 29.9 Å². The molecule has 1 N–H and O–H groups in total. The summed E-state index contributed by atoms with van der Waals surface area (Å²) in [5.41, 5.74) is 3.81. The first kappa shape index (κ1) is 12.3. The lowest BCUT2D eigenvalue weighted by atomic mass is 10.3. The molecular formula is C13H19N3S. The maximum Gasteiger partial charge on any atom is 0.0625 e. The average molecular weight is 249 g/mol. The predicted molar refractivity (Wildman–Crippen MR) is 72.1 cm³/mol. The molecule has 92 valence electrons. The van der Waals surface area contributed by atoms with Crippen molar-refractivity contribution in [1.82, 2.24) is 15.1 Å². The van der Waals surface area contributed by atoms with Crippen LogP contribution in [0.15, 0.2) is 22.9 Å². The molecule has 0 amide bonds. The second-order valence-electron chi connectivity index (χ2n) is 4.03. The minimum atomic E-state index is 0.886. The summed E-state index contributed by atoms with van der Waals surface area (Å²) < 4.78 is 2.08. The second-order valence-corrected chi connectivity index (χ2v) is 4.81. The van der Waals surface area contributed by atoms with Crippen molar-refractivity contribution in [2.24, 2.45) is 0 Å². The van der Waals surface area contributed by atoms with E-state index in [1.165, 1.54) is 17.0 Å². The standard InChI is InChI=1S/C13H19N3S/c1-3-12-7-13(16(4-2)15-12)9-14-8-11-5-6-17-10-11/h5-7,10,14H,3-4,8-9H2,1-2H3. The van der Waals surface area contributed by atoms with Gasteiger partial charge in [0.25, 0.3) is 0 Å². The van der Waals surface area contributed by atoms with Crippen molar-refractivity contribution in [3.05, 3.63) is 39.8 Å². The van der Waals surface area contributed by atoms with Crippen LogP contribution in [0.2, 0.25) is 0 Å². The van der Waals surface area contributed by atoms with Crippen LogP contribution in [0.1, 0.15) is 30.8 Å². The van der Waals surface area contributed by atoms with Crippen molar-refractivity contribution in [3.8, 4) is 0 Å². The third-order valence-electron chi connectivity index (χ3n) is 2.79. The number of hydrogen-bond donors (Lipinski definition) is 1. The number of aromatic nitrogens is 2. The molecule has 0 aliphatic rings. The lowest BCUT2D eigenvalue weighted by molar-refractivity contribution is 0.578. The van der Waals surface area contributed by atoms with Crippen molar-refractivity contribution in [3.63, 3.8) is 0 Å². The van der Waals surface area contributed by atoms with Crippen molar-refractivity contribution in [2.75, 3.05) is 0 Å². The number of thiophene rings is 1. The lowest BCUT2D eigenvalue weighted by Crippen LogP contribution is -2.15. The summed E-state index contributed by atoms with van der Waals surface area (Å²) in [7, 11) is 0. The van der Waals surface area contributed by atoms with E-state index in [9.17, 15) is 0 Å². The molecule has 0 radical (unpaired) electrons. The summed E-state index contributed by atoms with van der Waals surface area (Å²) in [6, 6.07) is 4.36. The maximum atomic E-state index is 4.54. The van der Waals surface area contributed by atoms with Gasteiger partial charge in [-0.15, -0.1) is 0 Å². The zero-order valence-electron chi connectivity index (χ0n) is 10.4. The monoisotopic (exact) mass is 249 g/mol. The van der Waals surface area contributed by atoms with E-state index in [4.69, 9.17) is 0 Å². The molecule has 0 saturated heterocycles. The van der Waals surface area contributed by atoms with Crippen molar-refractivity contribution >= 4 is 11.3 Å². The summed E-state index contributed by atoms with van der Waals surface area (Å²) in [6.45, 7) is 7.03. The van der Waals surface area contributed by atoms with E-state index in [1.54, 1.807) is 11.3 Å². The number of hydrogen-bond acceptors (Lipinski definition) is 3. The van der Waals surface area contributed by atoms with Crippen molar-refractivity contribution < 1.29 is 0 Å². The Morgan fingerprint density at radius 3 is 2.88 bits per heavy atom. The average Bonchev–Trinajstić information content (AvgIpc) is 2.98. The Labute approximate surface area is 106 Å². The van der Waals surface area contributed by atoms with Gasteiger partial charge in [0.05, 0.1) is 11.4 Å². The highest BCUT2D eigenvalue weighted by molar-refractivity contribution is 7.07. The van der Waals surface area contributed by atoms with E-state index in [0.29, 0.717) is 0 Å². The Morgan fingerprint density at radius 1 is 1.35 bits per heavy atom. The van der Waals surface area contributed by atoms with Gasteiger partial charge in [-0.25, -0.2) is 0 Å². The molecule has 3 nitrogen and oxygen atoms in total. The molecule has 0 spiro atoms. The van der Waals surface area contributed by atoms with Crippen LogP contribution in [0.5, 0.6) is 0 Å². The summed E-state index contributed by atoms with van der Waals surface area (Å²) in [4.78, 5) is 0. The van der Waals surface area contributed by atoms with Crippen LogP contribution >= 0.6 is 11.3 Å². The van der Waals surface area contributed by atoms with Gasteiger partial charge in [-0.2, -0.15) is 16.4 Å². The Bertz CT molecular complexity index is 445. The summed E-state index contributed by atoms with van der Waals surface area (Å²) >= 11 is 1.74. The largest absolute Gasteiger partial charge is 0.307 e. The number of aryl methyl sites for hydroxylation is 2. The number of nitrogens with one attached hydrogen (secondary N) is 1. The number of rotatable bonds is 6. The first-order valence-corrected chi connectivity index (χ1v) is 7.05. The van der Waals surface area contributed by atoms with Gasteiger partial charge in [-0.3, -0.25) is 4.68 Å². The zero-order chi connectivity index (χ0) is 12.1. The molecule has 0 aromatic carbocycles. The summed E-state index contributed by atoms with van der Waals surface area (Å²) in [5.74, 6) is 0. The molecule has 2 rings (SSSR count). The summed E-state index contributed by atoms with van der Waals surface area (Å²) in [6.07, 6.45) is 1.00. The van der Waals surface area contributed by atoms with E-state index in [2.05, 4.69) is 51.8 Å². The van der Waals surface area contributed by atoms with E-state index in [-0.39, 0.29) is 0 Å². The number of nitrogens with zero attached hydrogens (tertiary/aromatic N) is 2. The van der Waals surface area contributed by atoms with Gasteiger partial charge >= 0.3 is 0 Å². The Morgan fingerprint density at radius 2 is 2.24 bits per heavy atom. The molecule has 2 heterocycles. The fraction of sp³-hybridized carbons (Fsp3) is 0.462. The predicted octanol–water partition coefficient (Wildman–Crippen LogP) is 2.82. The van der Waals surface area contributed by atoms with Crippen molar-refractivity contribution in [1.29, 1.82) is 0 Å². The molecule has 0 fully saturated rings. The van der Waals surface area contributed by atoms with Gasteiger partial charge in [0.15, 0.2) is 0 Å². The molecule has 2 aromatic heterocycles. The highest BCUT2D eigenvalue weighted by Crippen LogP contribution is 2.08. The molecule has 0 aliphatic heterocycles. The zero-order valence-corrected chi connectivity index (χ0v) is 11.3. The Kier molecular flexibility index (Phi) is 4.34. The first-order chi connectivity index (χ1) is 8.33. The minimum Gasteiger partial charge on any atom is -0.307 e. The maximum absolute atomic E-state index is 4.54. The van der Waals surface area contributed by atoms with Gasteiger partial charge in [0, 0.05) is 19.6 Å². The normalized spacial score (nSPS) is 10.9. The molecule has 0 atom stereocenters. The Balaban J connectivity index is 1.91. The van der Waals surface area contributed by atoms with E-state index in [0.717, 1.165) is 26.1 Å². The molecule has 0 aliphatic carbocycles. The van der Waals surface area contributed by atoms with Gasteiger partial charge in [-0.1, -0.05) is 6.92 Å². The van der Waals surface area contributed by atoms with Crippen molar-refractivity contribution in [2.45, 2.75) is 39.9 Å². The molecule has 0 unspecified atom stereocenters. The third kappa shape index (κ3) is 3.17. The van der Waals surface area contributed by atoms with Crippen LogP contribution in [0.3, 0.4) is 0 Å². The summed E-state index contributed by atoms with van der Waals surface area (Å²) in [5, 5.41) is 12.3. The lowest BCUT2D eigenvalue weighted by Gasteiger charge is -2.05. The van der Waals surface area contributed by atoms with Crippen LogP contribution in [-0.4, -0.2) is 9.78 Å². The van der Waals surface area contributed by atoms with Crippen LogP contribution in [0.4, 0.5) is 0 Å². The SMILES string of the molecule is CCc1cc(CNCc2ccsc2)n(CC)n1. The van der Waals surface area contributed by atoms with Gasteiger partial charge in [0.2, 0.25) is 0 Å². The molecule has 0 bridgehead atoms. The molecule has 17 heavy (non-hydrogen) atoms. The van der Waals surface area contributed by atoms with Crippen LogP contribution in [0, 0.1) is 0 Å². The second kappa shape index (κ2) is 5.98. The Hall–Kier alpha value is -1.13. The quantitative estimate of drug-likeness (QED) is 0.853. The molecule has 4 heteroatoms. The highest BCUT2D eigenvalue weighted by Gasteiger charge is 2.04. The van der Waals surface area contributed by atoms with Gasteiger partial charge in [0.1, 0.15) is 0 Å². The minimum absolute atomic E-state index is 0.886. The molecular weight excluding hydrogens is 230 g/mol. The third-order valence-corrected chi connectivity index (χ3v) is 3.52. The van der Waals surface area contributed by atoms with E-state index >= 15 is 0 Å². The first-order valence-electron chi connectivity index (χ1n) is 6.10. The molecule has 2 aromatic rings. The van der Waals surface area contributed by atoms with Gasteiger partial charge in [-0.05, 0) is 41.8 Å². The van der Waals surface area contributed by atoms with E-state index < -0.39 is 0 Å². The fourth-order valence-electron chi connectivity index (χ4n) is 1.83. The molecule has 0 saturated carbocycles. The van der Waals surface area contributed by atoms with Gasteiger partial charge < -0.3 is 5.32 Å².